The van der Waals surface area contributed by atoms with Crippen LogP contribution in [0.5, 0.6) is 0 Å². The fourth-order valence-electron chi connectivity index (χ4n) is 7.64. The predicted octanol–water partition coefficient (Wildman–Crippen LogP) is 2.98. The van der Waals surface area contributed by atoms with Crippen LogP contribution in [-0.2, 0) is 47.0 Å². The van der Waals surface area contributed by atoms with E-state index >= 15 is 0 Å². The van der Waals surface area contributed by atoms with E-state index in [0.717, 1.165) is 38.5 Å². The number of carbonyl (C=O) groups excluding carboxylic acids is 5. The topological polar surface area (TPSA) is 181 Å². The maximum absolute atomic E-state index is 14.4. The van der Waals surface area contributed by atoms with E-state index in [-0.39, 0.29) is 45.0 Å². The molecule has 16 heteroatoms. The molecule has 278 valence electrons. The summed E-state index contributed by atoms with van der Waals surface area (Å²) in [7, 11) is -3.89. The van der Waals surface area contributed by atoms with Crippen LogP contribution >= 0.6 is 0 Å². The molecule has 3 N–H and O–H groups in total. The molecule has 0 unspecified atom stereocenters. The van der Waals surface area contributed by atoms with Gasteiger partial charge in [-0.25, -0.2) is 22.4 Å². The molecule has 3 saturated carbocycles. The molecule has 3 aliphatic carbocycles. The Balaban J connectivity index is 1.11. The van der Waals surface area contributed by atoms with Gasteiger partial charge in [-0.05, 0) is 68.4 Å². The number of hydrogen-bond acceptors (Lipinski definition) is 9. The van der Waals surface area contributed by atoms with Crippen LogP contribution < -0.4 is 15.4 Å². The monoisotopic (exact) mass is 731 g/mol. The summed E-state index contributed by atoms with van der Waals surface area (Å²) in [5.74, 6) is -2.40. The average molecular weight is 732 g/mol. The fraction of sp³-hybridized carbons (Fsp3) is 0.686. The molecule has 0 bridgehead atoms. The van der Waals surface area contributed by atoms with E-state index < -0.39 is 74.7 Å². The molecule has 0 radical (unpaired) electrons. The SMILES string of the molecule is O=C(N[C@H]1CCCCCCC[C@@H]2C[C@@]2(C(=O)NS(=O)(=O)C2CC2)NC(=O)[C@@H]2C[C@@H](OC(=O)N3Cc4cccc(F)c4C3)CN2C1=O)OCC1CC1. The average Bonchev–Trinajstić information content (AvgIpc) is 4.03. The van der Waals surface area contributed by atoms with E-state index in [1.165, 1.54) is 15.9 Å². The van der Waals surface area contributed by atoms with Crippen molar-refractivity contribution in [2.24, 2.45) is 11.8 Å². The van der Waals surface area contributed by atoms with E-state index in [1.54, 1.807) is 12.1 Å². The molecule has 5 amide bonds. The second-order valence-corrected chi connectivity index (χ2v) is 17.1. The van der Waals surface area contributed by atoms with Crippen LogP contribution in [0.2, 0.25) is 0 Å². The number of carbonyl (C=O) groups is 5. The third-order valence-corrected chi connectivity index (χ3v) is 13.0. The van der Waals surface area contributed by atoms with Crippen molar-refractivity contribution in [2.45, 2.75) is 126 Å². The van der Waals surface area contributed by atoms with Crippen LogP contribution in [0.4, 0.5) is 14.0 Å². The van der Waals surface area contributed by atoms with E-state index in [4.69, 9.17) is 9.47 Å². The first-order valence-corrected chi connectivity index (χ1v) is 19.8. The van der Waals surface area contributed by atoms with Crippen molar-refractivity contribution < 1.29 is 46.3 Å². The largest absolute Gasteiger partial charge is 0.449 e. The van der Waals surface area contributed by atoms with E-state index in [2.05, 4.69) is 15.4 Å². The zero-order valence-corrected chi connectivity index (χ0v) is 29.4. The summed E-state index contributed by atoms with van der Waals surface area (Å²) in [5, 5.41) is 4.91. The molecule has 5 atom stereocenters. The number of fused-ring (bicyclic) bond motifs is 3. The minimum atomic E-state index is -3.89. The lowest BCUT2D eigenvalue weighted by molar-refractivity contribution is -0.141. The molecule has 0 spiro atoms. The van der Waals surface area contributed by atoms with Gasteiger partial charge in [0.2, 0.25) is 21.8 Å². The Morgan fingerprint density at radius 2 is 1.73 bits per heavy atom. The first-order chi connectivity index (χ1) is 24.4. The molecule has 7 rings (SSSR count). The Hall–Kier alpha value is -3.95. The van der Waals surface area contributed by atoms with Gasteiger partial charge in [-0.1, -0.05) is 44.2 Å². The van der Waals surface area contributed by atoms with Crippen LogP contribution in [0, 0.1) is 17.7 Å². The first kappa shape index (κ1) is 35.5. The normalized spacial score (nSPS) is 29.7. The van der Waals surface area contributed by atoms with Crippen LogP contribution in [-0.4, -0.2) is 90.3 Å². The van der Waals surface area contributed by atoms with Crippen LogP contribution in [0.25, 0.3) is 0 Å². The Morgan fingerprint density at radius 1 is 0.980 bits per heavy atom. The summed E-state index contributed by atoms with van der Waals surface area (Å²) in [6, 6.07) is 2.42. The smallest absolute Gasteiger partial charge is 0.410 e. The second-order valence-electron chi connectivity index (χ2n) is 15.1. The summed E-state index contributed by atoms with van der Waals surface area (Å²) < 4.78 is 53.3. The predicted molar refractivity (Wildman–Crippen MR) is 178 cm³/mol. The summed E-state index contributed by atoms with van der Waals surface area (Å²) in [4.78, 5) is 70.8. The van der Waals surface area contributed by atoms with Crippen molar-refractivity contribution >= 4 is 39.9 Å². The highest BCUT2D eigenvalue weighted by Crippen LogP contribution is 2.48. The molecule has 51 heavy (non-hydrogen) atoms. The van der Waals surface area contributed by atoms with Crippen LogP contribution in [0.1, 0.15) is 94.6 Å². The lowest BCUT2D eigenvalue weighted by atomic mass is 10.0. The van der Waals surface area contributed by atoms with E-state index in [9.17, 15) is 36.8 Å². The number of nitrogens with zero attached hydrogens (tertiary/aromatic N) is 2. The number of sulfonamides is 1. The number of nitrogens with one attached hydrogen (secondary N) is 3. The maximum Gasteiger partial charge on any atom is 0.410 e. The third kappa shape index (κ3) is 7.95. The zero-order chi connectivity index (χ0) is 35.9. The van der Waals surface area contributed by atoms with Gasteiger partial charge in [0.05, 0.1) is 24.9 Å². The number of ether oxygens (including phenoxy) is 2. The number of benzene rings is 1. The molecule has 1 aromatic carbocycles. The van der Waals surface area contributed by atoms with E-state index in [0.29, 0.717) is 49.1 Å². The highest BCUT2D eigenvalue weighted by molar-refractivity contribution is 7.91. The van der Waals surface area contributed by atoms with E-state index in [1.807, 2.05) is 0 Å². The molecule has 1 aromatic rings. The molecule has 3 heterocycles. The molecular formula is C35H46FN5O9S. The van der Waals surface area contributed by atoms with Crippen molar-refractivity contribution in [1.29, 1.82) is 0 Å². The lowest BCUT2D eigenvalue weighted by Gasteiger charge is -2.29. The molecule has 2 saturated heterocycles. The Labute approximate surface area is 296 Å². The van der Waals surface area contributed by atoms with Gasteiger partial charge in [-0.15, -0.1) is 0 Å². The van der Waals surface area contributed by atoms with Gasteiger partial charge in [0.25, 0.3) is 5.91 Å². The Kier molecular flexibility index (Phi) is 9.89. The zero-order valence-electron chi connectivity index (χ0n) is 28.6. The molecule has 3 aliphatic heterocycles. The highest BCUT2D eigenvalue weighted by atomic mass is 32.2. The van der Waals surface area contributed by atoms with Gasteiger partial charge < -0.3 is 25.0 Å². The number of rotatable bonds is 7. The third-order valence-electron chi connectivity index (χ3n) is 11.1. The van der Waals surface area contributed by atoms with Gasteiger partial charge in [-0.3, -0.25) is 24.0 Å². The van der Waals surface area contributed by atoms with Gasteiger partial charge in [0, 0.05) is 18.5 Å². The molecule has 0 aromatic heterocycles. The fourth-order valence-corrected chi connectivity index (χ4v) is 9.01. The summed E-state index contributed by atoms with van der Waals surface area (Å²) >= 11 is 0. The molecular weight excluding hydrogens is 685 g/mol. The number of amides is 5. The number of alkyl carbamates (subject to hydrolysis) is 1. The quantitative estimate of drug-likeness (QED) is 0.380. The number of halogens is 1. The molecule has 6 aliphatic rings. The van der Waals surface area contributed by atoms with Gasteiger partial charge in [0.1, 0.15) is 29.5 Å². The molecule has 14 nitrogen and oxygen atoms in total. The second kappa shape index (κ2) is 14.2. The highest BCUT2D eigenvalue weighted by Gasteiger charge is 2.62. The Morgan fingerprint density at radius 3 is 2.45 bits per heavy atom. The minimum Gasteiger partial charge on any atom is -0.449 e. The van der Waals surface area contributed by atoms with Crippen LogP contribution in [0.15, 0.2) is 18.2 Å². The standard InChI is InChI=1S/C35H46FN5O9S/c36-27-9-6-7-22-17-40(19-26(22)27)34(46)50-24-15-29-30(42)38-35(32(44)39-51(47,48)25-13-14-25)16-23(35)8-4-2-1-3-5-10-28(31(43)41(29)18-24)37-33(45)49-20-21-11-12-21/h6-7,9,21,23-25,28-29H,1-5,8,10-20H2,(H,37,45)(H,38,42)(H,39,44)/t23-,24-,28+,29+,35-/m1/s1. The van der Waals surface area contributed by atoms with Crippen molar-refractivity contribution in [1.82, 2.24) is 25.2 Å². The minimum absolute atomic E-state index is 0.0118. The molecule has 5 fully saturated rings. The maximum atomic E-state index is 14.4. The van der Waals surface area contributed by atoms with Crippen LogP contribution in [0.3, 0.4) is 0 Å². The Bertz CT molecular complexity index is 1680. The van der Waals surface area contributed by atoms with Crippen molar-refractivity contribution in [3.8, 4) is 0 Å². The first-order valence-electron chi connectivity index (χ1n) is 18.3. The van der Waals surface area contributed by atoms with Crippen molar-refractivity contribution in [3.05, 3.63) is 35.1 Å². The number of hydrogen-bond donors (Lipinski definition) is 3. The van der Waals surface area contributed by atoms with Crippen molar-refractivity contribution in [3.63, 3.8) is 0 Å². The van der Waals surface area contributed by atoms with Gasteiger partial charge in [-0.2, -0.15) is 0 Å². The summed E-state index contributed by atoms with van der Waals surface area (Å²) in [6.07, 6.45) is 5.48. The van der Waals surface area contributed by atoms with Gasteiger partial charge in [0.15, 0.2) is 0 Å². The summed E-state index contributed by atoms with van der Waals surface area (Å²) in [5.41, 5.74) is -0.399. The van der Waals surface area contributed by atoms with Gasteiger partial charge >= 0.3 is 12.2 Å². The van der Waals surface area contributed by atoms with Crippen molar-refractivity contribution in [2.75, 3.05) is 13.2 Å². The summed E-state index contributed by atoms with van der Waals surface area (Å²) in [6.45, 7) is 0.248. The lowest BCUT2D eigenvalue weighted by Crippen LogP contribution is -2.58.